The third kappa shape index (κ3) is 5.73. The minimum Gasteiger partial charge on any atom is -0.465 e. The number of carbonyl (C=O) groups excluding carboxylic acids is 3. The van der Waals surface area contributed by atoms with E-state index in [-0.39, 0.29) is 30.6 Å². The molecule has 0 spiro atoms. The summed E-state index contributed by atoms with van der Waals surface area (Å²) in [7, 11) is 0. The van der Waals surface area contributed by atoms with Crippen molar-refractivity contribution in [1.82, 2.24) is 10.2 Å². The van der Waals surface area contributed by atoms with Crippen molar-refractivity contribution < 1.29 is 19.1 Å². The Morgan fingerprint density at radius 3 is 2.77 bits per heavy atom. The second-order valence-electron chi connectivity index (χ2n) is 6.77. The fraction of sp³-hybridized carbons (Fsp3) is 0.526. The van der Waals surface area contributed by atoms with E-state index in [4.69, 9.17) is 16.3 Å². The van der Waals surface area contributed by atoms with E-state index in [0.29, 0.717) is 31.1 Å². The van der Waals surface area contributed by atoms with Gasteiger partial charge in [-0.2, -0.15) is 0 Å². The highest BCUT2D eigenvalue weighted by molar-refractivity contribution is 6.31. The van der Waals surface area contributed by atoms with Crippen LogP contribution < -0.4 is 5.32 Å². The molecule has 2 rings (SSSR count). The minimum atomic E-state index is -0.817. The van der Waals surface area contributed by atoms with Gasteiger partial charge in [-0.3, -0.25) is 14.4 Å². The van der Waals surface area contributed by atoms with Gasteiger partial charge in [0.25, 0.3) is 0 Å². The molecular weight excluding hydrogens is 356 g/mol. The van der Waals surface area contributed by atoms with Crippen molar-refractivity contribution in [1.29, 1.82) is 0 Å². The zero-order chi connectivity index (χ0) is 19.1. The maximum atomic E-state index is 12.6. The quantitative estimate of drug-likeness (QED) is 0.736. The van der Waals surface area contributed by atoms with Crippen molar-refractivity contribution in [3.8, 4) is 0 Å². The summed E-state index contributed by atoms with van der Waals surface area (Å²) in [5, 5.41) is 3.32. The van der Waals surface area contributed by atoms with E-state index < -0.39 is 12.0 Å². The van der Waals surface area contributed by atoms with Crippen molar-refractivity contribution in [3.63, 3.8) is 0 Å². The van der Waals surface area contributed by atoms with Crippen LogP contribution in [-0.2, 0) is 25.5 Å². The summed E-state index contributed by atoms with van der Waals surface area (Å²) in [6.45, 7) is 4.94. The number of amides is 2. The maximum Gasteiger partial charge on any atom is 0.308 e. The molecule has 1 aliphatic heterocycles. The van der Waals surface area contributed by atoms with Crippen LogP contribution in [-0.4, -0.2) is 48.4 Å². The van der Waals surface area contributed by atoms with E-state index in [2.05, 4.69) is 5.32 Å². The summed E-state index contributed by atoms with van der Waals surface area (Å²) in [5.41, 5.74) is 0.886. The first kappa shape index (κ1) is 20.2. The molecule has 1 unspecified atom stereocenters. The van der Waals surface area contributed by atoms with Crippen molar-refractivity contribution >= 4 is 29.4 Å². The number of hydrogen-bond donors (Lipinski definition) is 1. The molecule has 7 heteroatoms. The SMILES string of the molecule is CC(C)COC(=O)CC1C(=O)NCCN1C(=O)CCc1ccccc1Cl. The van der Waals surface area contributed by atoms with Crippen molar-refractivity contribution in [2.75, 3.05) is 19.7 Å². The number of aryl methyl sites for hydroxylation is 1. The van der Waals surface area contributed by atoms with Gasteiger partial charge < -0.3 is 15.0 Å². The van der Waals surface area contributed by atoms with Crippen LogP contribution >= 0.6 is 11.6 Å². The normalized spacial score (nSPS) is 17.2. The number of halogens is 1. The molecule has 2 amide bonds. The van der Waals surface area contributed by atoms with Crippen molar-refractivity contribution in [3.05, 3.63) is 34.9 Å². The molecule has 1 saturated heterocycles. The highest BCUT2D eigenvalue weighted by Crippen LogP contribution is 2.18. The summed E-state index contributed by atoms with van der Waals surface area (Å²) < 4.78 is 5.15. The van der Waals surface area contributed by atoms with Crippen LogP contribution in [0.4, 0.5) is 0 Å². The molecule has 142 valence electrons. The molecule has 26 heavy (non-hydrogen) atoms. The van der Waals surface area contributed by atoms with Crippen LogP contribution in [0.15, 0.2) is 24.3 Å². The van der Waals surface area contributed by atoms with E-state index in [1.54, 1.807) is 6.07 Å². The van der Waals surface area contributed by atoms with Gasteiger partial charge in [-0.1, -0.05) is 43.6 Å². The lowest BCUT2D eigenvalue weighted by Gasteiger charge is -2.34. The fourth-order valence-electron chi connectivity index (χ4n) is 2.78. The molecule has 1 aliphatic rings. The summed E-state index contributed by atoms with van der Waals surface area (Å²) in [4.78, 5) is 38.3. The monoisotopic (exact) mass is 380 g/mol. The van der Waals surface area contributed by atoms with E-state index in [1.807, 2.05) is 32.0 Å². The van der Waals surface area contributed by atoms with Gasteiger partial charge in [-0.25, -0.2) is 0 Å². The lowest BCUT2D eigenvalue weighted by Crippen LogP contribution is -2.57. The fourth-order valence-corrected chi connectivity index (χ4v) is 3.01. The summed E-state index contributed by atoms with van der Waals surface area (Å²) in [6.07, 6.45) is 0.589. The molecule has 1 aromatic rings. The molecule has 1 atom stereocenters. The van der Waals surface area contributed by atoms with Gasteiger partial charge in [0.2, 0.25) is 11.8 Å². The topological polar surface area (TPSA) is 75.7 Å². The van der Waals surface area contributed by atoms with Crippen LogP contribution in [0.5, 0.6) is 0 Å². The van der Waals surface area contributed by atoms with E-state index >= 15 is 0 Å². The number of benzene rings is 1. The highest BCUT2D eigenvalue weighted by atomic mass is 35.5. The molecule has 1 N–H and O–H groups in total. The molecule has 0 aliphatic carbocycles. The number of nitrogens with zero attached hydrogens (tertiary/aromatic N) is 1. The number of hydrogen-bond acceptors (Lipinski definition) is 4. The zero-order valence-electron chi connectivity index (χ0n) is 15.2. The lowest BCUT2D eigenvalue weighted by molar-refractivity contribution is -0.152. The van der Waals surface area contributed by atoms with E-state index in [0.717, 1.165) is 5.56 Å². The Kier molecular flexibility index (Phi) is 7.45. The predicted molar refractivity (Wildman–Crippen MR) is 98.7 cm³/mol. The Bertz CT molecular complexity index is 663. The van der Waals surface area contributed by atoms with Gasteiger partial charge in [0.05, 0.1) is 13.0 Å². The lowest BCUT2D eigenvalue weighted by atomic mass is 10.1. The van der Waals surface area contributed by atoms with Gasteiger partial charge in [0.1, 0.15) is 6.04 Å². The Labute approximate surface area is 158 Å². The Morgan fingerprint density at radius 2 is 2.08 bits per heavy atom. The molecule has 0 bridgehead atoms. The first-order valence-electron chi connectivity index (χ1n) is 8.84. The van der Waals surface area contributed by atoms with E-state index in [1.165, 1.54) is 4.90 Å². The average molecular weight is 381 g/mol. The van der Waals surface area contributed by atoms with Gasteiger partial charge >= 0.3 is 5.97 Å². The zero-order valence-corrected chi connectivity index (χ0v) is 15.9. The van der Waals surface area contributed by atoms with Crippen LogP contribution in [0.3, 0.4) is 0 Å². The Balaban J connectivity index is 1.97. The summed E-state index contributed by atoms with van der Waals surface area (Å²) in [5.74, 6) is -0.734. The number of esters is 1. The van der Waals surface area contributed by atoms with Crippen molar-refractivity contribution in [2.24, 2.45) is 5.92 Å². The second kappa shape index (κ2) is 9.57. The minimum absolute atomic E-state index is 0.129. The molecule has 0 radical (unpaired) electrons. The molecule has 0 aromatic heterocycles. The summed E-state index contributed by atoms with van der Waals surface area (Å²) >= 11 is 6.12. The number of ether oxygens (including phenoxy) is 1. The predicted octanol–water partition coefficient (Wildman–Crippen LogP) is 2.19. The largest absolute Gasteiger partial charge is 0.465 e. The van der Waals surface area contributed by atoms with Crippen molar-refractivity contribution in [2.45, 2.75) is 39.2 Å². The van der Waals surface area contributed by atoms with Gasteiger partial charge in [-0.05, 0) is 24.0 Å². The second-order valence-corrected chi connectivity index (χ2v) is 7.17. The number of nitrogens with one attached hydrogen (secondary N) is 1. The first-order valence-corrected chi connectivity index (χ1v) is 9.22. The number of carbonyl (C=O) groups is 3. The molecule has 1 fully saturated rings. The third-order valence-corrected chi connectivity index (χ3v) is 4.52. The van der Waals surface area contributed by atoms with Crippen LogP contribution in [0, 0.1) is 5.92 Å². The molecule has 0 saturated carbocycles. The van der Waals surface area contributed by atoms with E-state index in [9.17, 15) is 14.4 Å². The number of rotatable bonds is 7. The van der Waals surface area contributed by atoms with Gasteiger partial charge in [-0.15, -0.1) is 0 Å². The standard InChI is InChI=1S/C19H25ClN2O4/c1-13(2)12-26-18(24)11-16-19(25)21-9-10-22(16)17(23)8-7-14-5-3-4-6-15(14)20/h3-6,13,16H,7-12H2,1-2H3,(H,21,25). The highest BCUT2D eigenvalue weighted by Gasteiger charge is 2.34. The van der Waals surface area contributed by atoms with Gasteiger partial charge in [0.15, 0.2) is 0 Å². The smallest absolute Gasteiger partial charge is 0.308 e. The first-order chi connectivity index (χ1) is 12.4. The average Bonchev–Trinajstić information content (AvgIpc) is 2.60. The molecule has 1 aromatic carbocycles. The van der Waals surface area contributed by atoms with Crippen LogP contribution in [0.25, 0.3) is 0 Å². The third-order valence-electron chi connectivity index (χ3n) is 4.15. The molecule has 6 nitrogen and oxygen atoms in total. The van der Waals surface area contributed by atoms with Gasteiger partial charge in [0, 0.05) is 24.5 Å². The van der Waals surface area contributed by atoms with Crippen LogP contribution in [0.2, 0.25) is 5.02 Å². The molecular formula is C19H25ClN2O4. The summed E-state index contributed by atoms with van der Waals surface area (Å²) in [6, 6.07) is 6.54. The number of piperazine rings is 1. The molecule has 1 heterocycles. The maximum absolute atomic E-state index is 12.6. The Hall–Kier alpha value is -2.08. The van der Waals surface area contributed by atoms with Crippen LogP contribution in [0.1, 0.15) is 32.3 Å². The Morgan fingerprint density at radius 1 is 1.35 bits per heavy atom.